The van der Waals surface area contributed by atoms with Crippen LogP contribution in [0, 0.1) is 0 Å². The molecule has 17 heavy (non-hydrogen) atoms. The first-order valence-corrected chi connectivity index (χ1v) is 6.24. The lowest BCUT2D eigenvalue weighted by atomic mass is 10.2. The number of ether oxygens (including phenoxy) is 2. The van der Waals surface area contributed by atoms with Gasteiger partial charge in [-0.15, -0.1) is 0 Å². The van der Waals surface area contributed by atoms with Gasteiger partial charge >= 0.3 is 0 Å². The van der Waals surface area contributed by atoms with Crippen molar-refractivity contribution in [3.8, 4) is 11.5 Å². The van der Waals surface area contributed by atoms with Crippen molar-refractivity contribution in [2.24, 2.45) is 0 Å². The van der Waals surface area contributed by atoms with E-state index in [1.165, 1.54) is 0 Å². The van der Waals surface area contributed by atoms with Crippen LogP contribution in [0.25, 0.3) is 0 Å². The van der Waals surface area contributed by atoms with Gasteiger partial charge in [-0.05, 0) is 47.5 Å². The van der Waals surface area contributed by atoms with Crippen molar-refractivity contribution >= 4 is 15.9 Å². The smallest absolute Gasteiger partial charge is 0.175 e. The third-order valence-corrected chi connectivity index (χ3v) is 2.61. The highest BCUT2D eigenvalue weighted by Crippen LogP contribution is 2.37. The molecule has 0 aliphatic rings. The number of hydrogen-bond donors (Lipinski definition) is 2. The van der Waals surface area contributed by atoms with Gasteiger partial charge < -0.3 is 19.7 Å². The van der Waals surface area contributed by atoms with E-state index in [-0.39, 0.29) is 13.2 Å². The van der Waals surface area contributed by atoms with Crippen LogP contribution in [0.2, 0.25) is 0 Å². The van der Waals surface area contributed by atoms with Crippen LogP contribution in [-0.4, -0.2) is 29.5 Å². The highest BCUT2D eigenvalue weighted by molar-refractivity contribution is 9.10. The van der Waals surface area contributed by atoms with E-state index in [0.717, 1.165) is 5.56 Å². The van der Waals surface area contributed by atoms with Crippen LogP contribution >= 0.6 is 15.9 Å². The Balaban J connectivity index is 2.98. The van der Waals surface area contributed by atoms with E-state index in [2.05, 4.69) is 15.9 Å². The molecule has 1 aromatic rings. The van der Waals surface area contributed by atoms with Gasteiger partial charge in [-0.3, -0.25) is 0 Å². The predicted molar refractivity (Wildman–Crippen MR) is 68.4 cm³/mol. The molecule has 0 saturated heterocycles. The largest absolute Gasteiger partial charge is 0.490 e. The van der Waals surface area contributed by atoms with Gasteiger partial charge in [0.05, 0.1) is 23.8 Å². The second kappa shape index (κ2) is 6.83. The SMILES string of the molecule is CCOc1cc(CO)cc(Br)c1OCC(C)O. The summed E-state index contributed by atoms with van der Waals surface area (Å²) in [5, 5.41) is 18.3. The van der Waals surface area contributed by atoms with Crippen LogP contribution in [0.5, 0.6) is 11.5 Å². The van der Waals surface area contributed by atoms with E-state index in [1.54, 1.807) is 19.1 Å². The van der Waals surface area contributed by atoms with Crippen molar-refractivity contribution in [2.45, 2.75) is 26.6 Å². The molecule has 1 aromatic carbocycles. The van der Waals surface area contributed by atoms with Crippen molar-refractivity contribution < 1.29 is 19.7 Å². The summed E-state index contributed by atoms with van der Waals surface area (Å²) in [5.41, 5.74) is 0.740. The third-order valence-electron chi connectivity index (χ3n) is 2.02. The highest BCUT2D eigenvalue weighted by Gasteiger charge is 2.12. The summed E-state index contributed by atoms with van der Waals surface area (Å²) in [6.07, 6.45) is -0.547. The van der Waals surface area contributed by atoms with E-state index < -0.39 is 6.10 Å². The third kappa shape index (κ3) is 4.18. The molecule has 0 aliphatic heterocycles. The molecule has 0 radical (unpaired) electrons. The molecule has 0 saturated carbocycles. The highest BCUT2D eigenvalue weighted by atomic mass is 79.9. The first-order chi connectivity index (χ1) is 8.08. The van der Waals surface area contributed by atoms with Crippen molar-refractivity contribution in [1.82, 2.24) is 0 Å². The van der Waals surface area contributed by atoms with E-state index in [1.807, 2.05) is 6.92 Å². The maximum absolute atomic E-state index is 9.21. The molecule has 2 N–H and O–H groups in total. The Bertz CT molecular complexity index is 366. The molecule has 0 aliphatic carbocycles. The van der Waals surface area contributed by atoms with E-state index in [0.29, 0.717) is 22.6 Å². The molecule has 5 heteroatoms. The zero-order valence-electron chi connectivity index (χ0n) is 9.94. The standard InChI is InChI=1S/C12H17BrO4/c1-3-16-11-5-9(6-14)4-10(13)12(11)17-7-8(2)15/h4-5,8,14-15H,3,6-7H2,1-2H3. The van der Waals surface area contributed by atoms with Crippen LogP contribution in [0.1, 0.15) is 19.4 Å². The normalized spacial score (nSPS) is 12.3. The molecule has 0 aromatic heterocycles. The fourth-order valence-corrected chi connectivity index (χ4v) is 1.92. The summed E-state index contributed by atoms with van der Waals surface area (Å²) < 4.78 is 11.6. The van der Waals surface area contributed by atoms with Crippen molar-refractivity contribution in [1.29, 1.82) is 0 Å². The minimum absolute atomic E-state index is 0.0602. The topological polar surface area (TPSA) is 58.9 Å². The van der Waals surface area contributed by atoms with Gasteiger partial charge in [-0.25, -0.2) is 0 Å². The number of halogens is 1. The zero-order chi connectivity index (χ0) is 12.8. The molecular formula is C12H17BrO4. The van der Waals surface area contributed by atoms with Gasteiger partial charge in [-0.1, -0.05) is 0 Å². The molecule has 0 heterocycles. The summed E-state index contributed by atoms with van der Waals surface area (Å²) >= 11 is 3.36. The van der Waals surface area contributed by atoms with Gasteiger partial charge in [0.2, 0.25) is 0 Å². The first-order valence-electron chi connectivity index (χ1n) is 5.45. The molecule has 1 rings (SSSR count). The number of hydrogen-bond acceptors (Lipinski definition) is 4. The Morgan fingerprint density at radius 1 is 1.35 bits per heavy atom. The van der Waals surface area contributed by atoms with Gasteiger partial charge in [-0.2, -0.15) is 0 Å². The summed E-state index contributed by atoms with van der Waals surface area (Å²) in [7, 11) is 0. The summed E-state index contributed by atoms with van der Waals surface area (Å²) in [4.78, 5) is 0. The maximum Gasteiger partial charge on any atom is 0.175 e. The molecular weight excluding hydrogens is 288 g/mol. The Hall–Kier alpha value is -0.780. The Morgan fingerprint density at radius 3 is 2.59 bits per heavy atom. The molecule has 0 bridgehead atoms. The van der Waals surface area contributed by atoms with Gasteiger partial charge in [0.1, 0.15) is 6.61 Å². The molecule has 0 fully saturated rings. The molecule has 0 amide bonds. The fraction of sp³-hybridized carbons (Fsp3) is 0.500. The zero-order valence-corrected chi connectivity index (χ0v) is 11.5. The minimum Gasteiger partial charge on any atom is -0.490 e. The Labute approximate surface area is 109 Å². The average molecular weight is 305 g/mol. The van der Waals surface area contributed by atoms with Crippen LogP contribution in [0.3, 0.4) is 0 Å². The lowest BCUT2D eigenvalue weighted by Gasteiger charge is -2.15. The average Bonchev–Trinajstić information content (AvgIpc) is 2.27. The minimum atomic E-state index is -0.547. The van der Waals surface area contributed by atoms with Crippen LogP contribution in [0.4, 0.5) is 0 Å². The summed E-state index contributed by atoms with van der Waals surface area (Å²) in [6.45, 7) is 4.16. The van der Waals surface area contributed by atoms with Crippen LogP contribution in [-0.2, 0) is 6.61 Å². The maximum atomic E-state index is 9.21. The monoisotopic (exact) mass is 304 g/mol. The van der Waals surface area contributed by atoms with E-state index in [9.17, 15) is 5.11 Å². The Morgan fingerprint density at radius 2 is 2.06 bits per heavy atom. The van der Waals surface area contributed by atoms with E-state index in [4.69, 9.17) is 14.6 Å². The molecule has 4 nitrogen and oxygen atoms in total. The lowest BCUT2D eigenvalue weighted by molar-refractivity contribution is 0.119. The number of aliphatic hydroxyl groups excluding tert-OH is 2. The first kappa shape index (κ1) is 14.3. The molecule has 96 valence electrons. The number of aliphatic hydroxyl groups is 2. The summed E-state index contributed by atoms with van der Waals surface area (Å²) in [6, 6.07) is 3.49. The van der Waals surface area contributed by atoms with E-state index >= 15 is 0 Å². The lowest BCUT2D eigenvalue weighted by Crippen LogP contribution is -2.13. The second-order valence-electron chi connectivity index (χ2n) is 3.66. The van der Waals surface area contributed by atoms with Gasteiger partial charge in [0, 0.05) is 0 Å². The molecule has 1 unspecified atom stereocenters. The molecule has 0 spiro atoms. The van der Waals surface area contributed by atoms with Crippen molar-refractivity contribution in [2.75, 3.05) is 13.2 Å². The second-order valence-corrected chi connectivity index (χ2v) is 4.51. The predicted octanol–water partition coefficient (Wildman–Crippen LogP) is 2.10. The van der Waals surface area contributed by atoms with Crippen molar-refractivity contribution in [3.05, 3.63) is 22.2 Å². The summed E-state index contributed by atoms with van der Waals surface area (Å²) in [5.74, 6) is 1.11. The van der Waals surface area contributed by atoms with Gasteiger partial charge in [0.25, 0.3) is 0 Å². The number of rotatable bonds is 6. The molecule has 1 atom stereocenters. The van der Waals surface area contributed by atoms with Crippen LogP contribution in [0.15, 0.2) is 16.6 Å². The number of benzene rings is 1. The van der Waals surface area contributed by atoms with Crippen molar-refractivity contribution in [3.63, 3.8) is 0 Å². The quantitative estimate of drug-likeness (QED) is 0.845. The van der Waals surface area contributed by atoms with Crippen LogP contribution < -0.4 is 9.47 Å². The fourth-order valence-electron chi connectivity index (χ4n) is 1.32. The Kier molecular flexibility index (Phi) is 5.74. The van der Waals surface area contributed by atoms with Gasteiger partial charge in [0.15, 0.2) is 11.5 Å².